The van der Waals surface area contributed by atoms with Crippen LogP contribution in [0.5, 0.6) is 0 Å². The number of halogens is 2. The number of benzene rings is 1. The van der Waals surface area contributed by atoms with Crippen LogP contribution >= 0.6 is 0 Å². The van der Waals surface area contributed by atoms with Gasteiger partial charge >= 0.3 is 0 Å². The van der Waals surface area contributed by atoms with Crippen LogP contribution < -0.4 is 5.32 Å². The van der Waals surface area contributed by atoms with E-state index in [1.165, 1.54) is 19.4 Å². The number of hydrogen-bond acceptors (Lipinski definition) is 3. The summed E-state index contributed by atoms with van der Waals surface area (Å²) >= 11 is 0. The first kappa shape index (κ1) is 19.7. The third-order valence-electron chi connectivity index (χ3n) is 5.84. The summed E-state index contributed by atoms with van der Waals surface area (Å²) in [6, 6.07) is 2.99. The standard InChI is InChI=1S/C21H33F2N3/c1-2-9-26(11-4-3-10-25-12-7-24-8-13-25)19-5-6-20-17(15-19)14-18(22)16-21(20)23/h14,16,19,24H,2-13,15H2,1H3. The average molecular weight is 366 g/mol. The second kappa shape index (κ2) is 9.77. The lowest BCUT2D eigenvalue weighted by Crippen LogP contribution is -2.44. The Kier molecular flexibility index (Phi) is 7.41. The lowest BCUT2D eigenvalue weighted by molar-refractivity contribution is 0.169. The molecule has 0 bridgehead atoms. The Bertz CT molecular complexity index is 573. The minimum absolute atomic E-state index is 0.364. The van der Waals surface area contributed by atoms with Gasteiger partial charge in [0.15, 0.2) is 0 Å². The Labute approximate surface area is 156 Å². The third kappa shape index (κ3) is 5.24. The minimum Gasteiger partial charge on any atom is -0.314 e. The maximum Gasteiger partial charge on any atom is 0.129 e. The second-order valence-electron chi connectivity index (χ2n) is 7.76. The van der Waals surface area contributed by atoms with Crippen molar-refractivity contribution in [1.29, 1.82) is 0 Å². The van der Waals surface area contributed by atoms with Gasteiger partial charge in [0.1, 0.15) is 11.6 Å². The molecule has 1 atom stereocenters. The fourth-order valence-electron chi connectivity index (χ4n) is 4.45. The van der Waals surface area contributed by atoms with E-state index in [4.69, 9.17) is 0 Å². The molecule has 1 N–H and O–H groups in total. The molecule has 3 nitrogen and oxygen atoms in total. The highest BCUT2D eigenvalue weighted by Crippen LogP contribution is 2.28. The van der Waals surface area contributed by atoms with E-state index in [2.05, 4.69) is 22.0 Å². The molecular weight excluding hydrogens is 332 g/mol. The zero-order valence-electron chi connectivity index (χ0n) is 16.1. The predicted octanol–water partition coefficient (Wildman–Crippen LogP) is 3.22. The van der Waals surface area contributed by atoms with Gasteiger partial charge in [0.05, 0.1) is 0 Å². The highest BCUT2D eigenvalue weighted by atomic mass is 19.1. The molecule has 1 fully saturated rings. The number of rotatable bonds is 8. The Morgan fingerprint density at radius 1 is 1.15 bits per heavy atom. The van der Waals surface area contributed by atoms with Gasteiger partial charge in [0.2, 0.25) is 0 Å². The van der Waals surface area contributed by atoms with Crippen molar-refractivity contribution in [1.82, 2.24) is 15.1 Å². The Morgan fingerprint density at radius 3 is 2.73 bits per heavy atom. The summed E-state index contributed by atoms with van der Waals surface area (Å²) in [5, 5.41) is 3.40. The largest absolute Gasteiger partial charge is 0.314 e. The normalized spacial score (nSPS) is 21.2. The van der Waals surface area contributed by atoms with Gasteiger partial charge in [-0.25, -0.2) is 8.78 Å². The van der Waals surface area contributed by atoms with Gasteiger partial charge in [-0.05, 0) is 75.4 Å². The smallest absolute Gasteiger partial charge is 0.129 e. The van der Waals surface area contributed by atoms with Crippen LogP contribution in [0, 0.1) is 11.6 Å². The molecule has 1 unspecified atom stereocenters. The summed E-state index contributed by atoms with van der Waals surface area (Å²) < 4.78 is 27.6. The van der Waals surface area contributed by atoms with Gasteiger partial charge in [-0.1, -0.05) is 6.92 Å². The molecule has 5 heteroatoms. The molecule has 0 spiro atoms. The van der Waals surface area contributed by atoms with Gasteiger partial charge in [-0.2, -0.15) is 0 Å². The van der Waals surface area contributed by atoms with Crippen LogP contribution in [-0.4, -0.2) is 61.7 Å². The molecule has 1 aliphatic carbocycles. The maximum absolute atomic E-state index is 14.0. The van der Waals surface area contributed by atoms with E-state index in [9.17, 15) is 8.78 Å². The van der Waals surface area contributed by atoms with Crippen LogP contribution in [0.3, 0.4) is 0 Å². The summed E-state index contributed by atoms with van der Waals surface area (Å²) in [7, 11) is 0. The molecular formula is C21H33F2N3. The molecule has 1 heterocycles. The summed E-state index contributed by atoms with van der Waals surface area (Å²) in [6.07, 6.45) is 6.04. The van der Waals surface area contributed by atoms with Crippen LogP contribution in [-0.2, 0) is 12.8 Å². The van der Waals surface area contributed by atoms with Crippen molar-refractivity contribution < 1.29 is 8.78 Å². The number of unbranched alkanes of at least 4 members (excludes halogenated alkanes) is 1. The minimum atomic E-state index is -0.444. The van der Waals surface area contributed by atoms with Crippen molar-refractivity contribution in [2.75, 3.05) is 45.8 Å². The van der Waals surface area contributed by atoms with Gasteiger partial charge in [-0.3, -0.25) is 0 Å². The molecule has 0 radical (unpaired) electrons. The van der Waals surface area contributed by atoms with Crippen molar-refractivity contribution >= 4 is 0 Å². The Morgan fingerprint density at radius 2 is 1.96 bits per heavy atom. The van der Waals surface area contributed by atoms with Crippen molar-refractivity contribution in [3.63, 3.8) is 0 Å². The van der Waals surface area contributed by atoms with Gasteiger partial charge in [0.25, 0.3) is 0 Å². The molecule has 0 aromatic heterocycles. The van der Waals surface area contributed by atoms with E-state index in [0.717, 1.165) is 82.1 Å². The predicted molar refractivity (Wildman–Crippen MR) is 103 cm³/mol. The number of fused-ring (bicyclic) bond motifs is 1. The first-order valence-corrected chi connectivity index (χ1v) is 10.3. The Hall–Kier alpha value is -1.04. The fraction of sp³-hybridized carbons (Fsp3) is 0.714. The maximum atomic E-state index is 14.0. The molecule has 146 valence electrons. The van der Waals surface area contributed by atoms with Crippen molar-refractivity contribution in [3.05, 3.63) is 34.9 Å². The van der Waals surface area contributed by atoms with E-state index < -0.39 is 5.82 Å². The molecule has 0 amide bonds. The quantitative estimate of drug-likeness (QED) is 0.714. The highest BCUT2D eigenvalue weighted by Gasteiger charge is 2.26. The van der Waals surface area contributed by atoms with E-state index in [1.807, 2.05) is 0 Å². The van der Waals surface area contributed by atoms with Crippen molar-refractivity contribution in [3.8, 4) is 0 Å². The SMILES string of the molecule is CCCN(CCCCN1CCNCC1)C1CCc2c(F)cc(F)cc2C1. The third-order valence-corrected chi connectivity index (χ3v) is 5.84. The topological polar surface area (TPSA) is 18.5 Å². The van der Waals surface area contributed by atoms with Crippen LogP contribution in [0.15, 0.2) is 12.1 Å². The number of hydrogen-bond donors (Lipinski definition) is 1. The lowest BCUT2D eigenvalue weighted by atomic mass is 9.86. The first-order chi connectivity index (χ1) is 12.7. The number of nitrogens with zero attached hydrogens (tertiary/aromatic N) is 2. The summed E-state index contributed by atoms with van der Waals surface area (Å²) in [4.78, 5) is 5.10. The molecule has 1 aromatic carbocycles. The van der Waals surface area contributed by atoms with E-state index in [-0.39, 0.29) is 5.82 Å². The van der Waals surface area contributed by atoms with E-state index in [1.54, 1.807) is 6.07 Å². The summed E-state index contributed by atoms with van der Waals surface area (Å²) in [5.41, 5.74) is 1.61. The van der Waals surface area contributed by atoms with Crippen molar-refractivity contribution in [2.24, 2.45) is 0 Å². The van der Waals surface area contributed by atoms with Gasteiger partial charge < -0.3 is 15.1 Å². The Balaban J connectivity index is 1.51. The lowest BCUT2D eigenvalue weighted by Gasteiger charge is -2.35. The van der Waals surface area contributed by atoms with Crippen LogP contribution in [0.4, 0.5) is 8.78 Å². The van der Waals surface area contributed by atoms with Crippen LogP contribution in [0.25, 0.3) is 0 Å². The molecule has 0 saturated carbocycles. The first-order valence-electron chi connectivity index (χ1n) is 10.3. The molecule has 1 aliphatic heterocycles. The molecule has 1 aromatic rings. The molecule has 26 heavy (non-hydrogen) atoms. The monoisotopic (exact) mass is 365 g/mol. The van der Waals surface area contributed by atoms with Crippen molar-refractivity contribution in [2.45, 2.75) is 51.5 Å². The molecule has 3 rings (SSSR count). The molecule has 2 aliphatic rings. The zero-order chi connectivity index (χ0) is 18.4. The number of piperazine rings is 1. The fourth-order valence-corrected chi connectivity index (χ4v) is 4.45. The highest BCUT2D eigenvalue weighted by molar-refractivity contribution is 5.32. The van der Waals surface area contributed by atoms with Gasteiger partial charge in [-0.15, -0.1) is 0 Å². The summed E-state index contributed by atoms with van der Waals surface area (Å²) in [6.45, 7) is 10.1. The van der Waals surface area contributed by atoms with E-state index in [0.29, 0.717) is 6.04 Å². The number of nitrogens with one attached hydrogen (secondary N) is 1. The molecule has 1 saturated heterocycles. The average Bonchev–Trinajstić information content (AvgIpc) is 2.64. The summed E-state index contributed by atoms with van der Waals surface area (Å²) in [5.74, 6) is -0.809. The van der Waals surface area contributed by atoms with Crippen LogP contribution in [0.2, 0.25) is 0 Å². The van der Waals surface area contributed by atoms with Gasteiger partial charge in [0, 0.05) is 38.3 Å². The second-order valence-corrected chi connectivity index (χ2v) is 7.76. The van der Waals surface area contributed by atoms with Crippen LogP contribution in [0.1, 0.15) is 43.7 Å². The zero-order valence-corrected chi connectivity index (χ0v) is 16.1. The van der Waals surface area contributed by atoms with E-state index >= 15 is 0 Å².